The number of aromatic nitrogens is 1. The van der Waals surface area contributed by atoms with Gasteiger partial charge in [-0.05, 0) is 40.9 Å². The van der Waals surface area contributed by atoms with Gasteiger partial charge in [0.2, 0.25) is 5.91 Å². The molecule has 1 fully saturated rings. The highest BCUT2D eigenvalue weighted by Gasteiger charge is 2.45. The second kappa shape index (κ2) is 3.33. The molecule has 1 saturated carbocycles. The number of hydrogen-bond acceptors (Lipinski definition) is 3. The third-order valence-corrected chi connectivity index (χ3v) is 2.66. The largest absolute Gasteiger partial charge is 0.324 e. The molecule has 4 nitrogen and oxygen atoms in total. The third kappa shape index (κ3) is 1.93. The Morgan fingerprint density at radius 1 is 1.64 bits per heavy atom. The van der Waals surface area contributed by atoms with Gasteiger partial charge < -0.3 is 11.1 Å². The quantitative estimate of drug-likeness (QED) is 0.783. The van der Waals surface area contributed by atoms with Crippen molar-refractivity contribution in [1.29, 1.82) is 0 Å². The number of halogens is 1. The molecule has 1 heterocycles. The molecule has 0 bridgehead atoms. The molecule has 1 aliphatic carbocycles. The Labute approximate surface area is 90.0 Å². The van der Waals surface area contributed by atoms with Crippen LogP contribution in [-0.2, 0) is 4.79 Å². The summed E-state index contributed by atoms with van der Waals surface area (Å²) in [6.45, 7) is 0. The average molecular weight is 256 g/mol. The van der Waals surface area contributed by atoms with E-state index in [9.17, 15) is 4.79 Å². The average Bonchev–Trinajstić information content (AvgIpc) is 2.85. The van der Waals surface area contributed by atoms with Gasteiger partial charge in [-0.3, -0.25) is 4.79 Å². The van der Waals surface area contributed by atoms with Crippen LogP contribution in [-0.4, -0.2) is 16.4 Å². The van der Waals surface area contributed by atoms with E-state index in [1.807, 2.05) is 0 Å². The minimum absolute atomic E-state index is 0.115. The monoisotopic (exact) mass is 255 g/mol. The van der Waals surface area contributed by atoms with Crippen LogP contribution in [0.15, 0.2) is 22.9 Å². The topological polar surface area (TPSA) is 68.0 Å². The van der Waals surface area contributed by atoms with Crippen LogP contribution < -0.4 is 11.1 Å². The second-order valence-electron chi connectivity index (χ2n) is 3.48. The van der Waals surface area contributed by atoms with Gasteiger partial charge in [-0.15, -0.1) is 0 Å². The maximum atomic E-state index is 11.5. The van der Waals surface area contributed by atoms with E-state index in [1.165, 1.54) is 0 Å². The molecule has 2 rings (SSSR count). The zero-order chi connectivity index (χ0) is 10.2. The molecule has 1 aliphatic rings. The minimum Gasteiger partial charge on any atom is -0.324 e. The number of anilines is 1. The molecule has 1 amide bonds. The molecule has 0 unspecified atom stereocenters. The van der Waals surface area contributed by atoms with Crippen LogP contribution >= 0.6 is 15.9 Å². The summed E-state index contributed by atoms with van der Waals surface area (Å²) < 4.78 is 0.692. The van der Waals surface area contributed by atoms with E-state index in [-0.39, 0.29) is 5.91 Å². The normalized spacial score (nSPS) is 17.6. The van der Waals surface area contributed by atoms with Crippen LogP contribution in [0.25, 0.3) is 0 Å². The van der Waals surface area contributed by atoms with Gasteiger partial charge in [-0.25, -0.2) is 4.98 Å². The Hall–Kier alpha value is -0.940. The van der Waals surface area contributed by atoms with E-state index in [0.717, 1.165) is 12.8 Å². The Morgan fingerprint density at radius 2 is 2.36 bits per heavy atom. The predicted molar refractivity (Wildman–Crippen MR) is 56.7 cm³/mol. The van der Waals surface area contributed by atoms with Crippen molar-refractivity contribution in [2.45, 2.75) is 18.4 Å². The van der Waals surface area contributed by atoms with Crippen molar-refractivity contribution in [3.05, 3.63) is 22.9 Å². The number of nitrogens with two attached hydrogens (primary N) is 1. The van der Waals surface area contributed by atoms with E-state index < -0.39 is 5.54 Å². The molecule has 0 aromatic carbocycles. The molecule has 0 atom stereocenters. The zero-order valence-electron chi connectivity index (χ0n) is 7.46. The van der Waals surface area contributed by atoms with Gasteiger partial charge in [0.05, 0.1) is 5.54 Å². The van der Waals surface area contributed by atoms with Crippen molar-refractivity contribution >= 4 is 27.5 Å². The van der Waals surface area contributed by atoms with Crippen LogP contribution in [0.4, 0.5) is 5.69 Å². The van der Waals surface area contributed by atoms with Crippen molar-refractivity contribution < 1.29 is 4.79 Å². The molecule has 5 heteroatoms. The van der Waals surface area contributed by atoms with Crippen LogP contribution in [0.1, 0.15) is 12.8 Å². The smallest absolute Gasteiger partial charge is 0.244 e. The number of carbonyl (C=O) groups is 1. The van der Waals surface area contributed by atoms with Gasteiger partial charge in [0, 0.05) is 11.9 Å². The molecular weight excluding hydrogens is 246 g/mol. The van der Waals surface area contributed by atoms with Gasteiger partial charge in [0.25, 0.3) is 0 Å². The predicted octanol–water partition coefficient (Wildman–Crippen LogP) is 1.27. The van der Waals surface area contributed by atoms with Gasteiger partial charge >= 0.3 is 0 Å². The minimum atomic E-state index is -0.629. The fourth-order valence-corrected chi connectivity index (χ4v) is 1.46. The molecule has 74 valence electrons. The van der Waals surface area contributed by atoms with E-state index in [2.05, 4.69) is 26.2 Å². The molecule has 0 saturated heterocycles. The fraction of sp³-hybridized carbons (Fsp3) is 0.333. The van der Waals surface area contributed by atoms with E-state index >= 15 is 0 Å². The van der Waals surface area contributed by atoms with Gasteiger partial charge in [-0.1, -0.05) is 0 Å². The SMILES string of the molecule is NC1(C(=O)Nc2ccnc(Br)c2)CC1. The molecule has 14 heavy (non-hydrogen) atoms. The summed E-state index contributed by atoms with van der Waals surface area (Å²) in [5.41, 5.74) is 5.82. The number of nitrogens with zero attached hydrogens (tertiary/aromatic N) is 1. The van der Waals surface area contributed by atoms with Crippen LogP contribution in [0.3, 0.4) is 0 Å². The molecule has 0 aliphatic heterocycles. The highest BCUT2D eigenvalue weighted by molar-refractivity contribution is 9.10. The maximum absolute atomic E-state index is 11.5. The molecule has 0 radical (unpaired) electrons. The summed E-state index contributed by atoms with van der Waals surface area (Å²) in [4.78, 5) is 15.5. The number of carbonyl (C=O) groups excluding carboxylic acids is 1. The lowest BCUT2D eigenvalue weighted by atomic mass is 10.2. The summed E-state index contributed by atoms with van der Waals surface area (Å²) in [6, 6.07) is 3.47. The standard InChI is InChI=1S/C9H10BrN3O/c10-7-5-6(1-4-12-7)13-8(14)9(11)2-3-9/h1,4-5H,2-3,11H2,(H,12,13,14). The Kier molecular flexibility index (Phi) is 2.28. The van der Waals surface area contributed by atoms with E-state index in [0.29, 0.717) is 10.3 Å². The van der Waals surface area contributed by atoms with Crippen molar-refractivity contribution in [3.8, 4) is 0 Å². The lowest BCUT2D eigenvalue weighted by molar-refractivity contribution is -0.118. The lowest BCUT2D eigenvalue weighted by Crippen LogP contribution is -2.37. The highest BCUT2D eigenvalue weighted by Crippen LogP contribution is 2.33. The molecule has 3 N–H and O–H groups in total. The van der Waals surface area contributed by atoms with Crippen LogP contribution in [0.5, 0.6) is 0 Å². The summed E-state index contributed by atoms with van der Waals surface area (Å²) in [5.74, 6) is -0.115. The number of hydrogen-bond donors (Lipinski definition) is 2. The zero-order valence-corrected chi connectivity index (χ0v) is 9.04. The van der Waals surface area contributed by atoms with Crippen molar-refractivity contribution in [2.75, 3.05) is 5.32 Å². The summed E-state index contributed by atoms with van der Waals surface area (Å²) in [6.07, 6.45) is 3.16. The fourth-order valence-electron chi connectivity index (χ4n) is 1.10. The van der Waals surface area contributed by atoms with Crippen LogP contribution in [0.2, 0.25) is 0 Å². The number of amides is 1. The Bertz CT molecular complexity index is 376. The Balaban J connectivity index is 2.07. The van der Waals surface area contributed by atoms with Gasteiger partial charge in [0.1, 0.15) is 4.60 Å². The Morgan fingerprint density at radius 3 is 2.93 bits per heavy atom. The third-order valence-electron chi connectivity index (χ3n) is 2.23. The number of rotatable bonds is 2. The summed E-state index contributed by atoms with van der Waals surface area (Å²) in [7, 11) is 0. The summed E-state index contributed by atoms with van der Waals surface area (Å²) in [5, 5.41) is 2.75. The molecule has 1 aromatic rings. The van der Waals surface area contributed by atoms with E-state index in [4.69, 9.17) is 5.73 Å². The first-order chi connectivity index (χ1) is 6.60. The first-order valence-corrected chi connectivity index (χ1v) is 5.11. The summed E-state index contributed by atoms with van der Waals surface area (Å²) >= 11 is 3.22. The second-order valence-corrected chi connectivity index (χ2v) is 4.29. The first kappa shape index (κ1) is 9.61. The lowest BCUT2D eigenvalue weighted by Gasteiger charge is -2.09. The molecule has 0 spiro atoms. The maximum Gasteiger partial charge on any atom is 0.244 e. The van der Waals surface area contributed by atoms with Crippen molar-refractivity contribution in [2.24, 2.45) is 5.73 Å². The van der Waals surface area contributed by atoms with Gasteiger partial charge in [0.15, 0.2) is 0 Å². The number of nitrogens with one attached hydrogen (secondary N) is 1. The first-order valence-electron chi connectivity index (χ1n) is 4.32. The number of pyridine rings is 1. The van der Waals surface area contributed by atoms with E-state index in [1.54, 1.807) is 18.3 Å². The van der Waals surface area contributed by atoms with Gasteiger partial charge in [-0.2, -0.15) is 0 Å². The molecular formula is C9H10BrN3O. The van der Waals surface area contributed by atoms with Crippen molar-refractivity contribution in [1.82, 2.24) is 4.98 Å². The van der Waals surface area contributed by atoms with Crippen molar-refractivity contribution in [3.63, 3.8) is 0 Å². The molecule has 1 aromatic heterocycles. The van der Waals surface area contributed by atoms with Crippen LogP contribution in [0, 0.1) is 0 Å². The highest BCUT2D eigenvalue weighted by atomic mass is 79.9.